The van der Waals surface area contributed by atoms with Crippen molar-refractivity contribution in [3.63, 3.8) is 0 Å². The summed E-state index contributed by atoms with van der Waals surface area (Å²) in [6, 6.07) is 28.9. The molecule has 5 saturated heterocycles. The average molecular weight is 841 g/mol. The van der Waals surface area contributed by atoms with Gasteiger partial charge in [0.15, 0.2) is 0 Å². The van der Waals surface area contributed by atoms with Gasteiger partial charge in [0, 0.05) is 91.5 Å². The average Bonchev–Trinajstić information content (AvgIpc) is 3.50. The van der Waals surface area contributed by atoms with Crippen molar-refractivity contribution in [3.8, 4) is 11.1 Å². The van der Waals surface area contributed by atoms with E-state index in [1.165, 1.54) is 33.9 Å². The maximum absolute atomic E-state index is 6.27. The third kappa shape index (κ3) is 11.4. The Balaban J connectivity index is 0.000000140. The first-order valence-corrected chi connectivity index (χ1v) is 21.7. The lowest BCUT2D eigenvalue weighted by atomic mass is 9.79. The van der Waals surface area contributed by atoms with Crippen LogP contribution < -0.4 is 36.5 Å². The van der Waals surface area contributed by atoms with Crippen molar-refractivity contribution in [2.45, 2.75) is 38.9 Å². The number of halogens is 1. The zero-order chi connectivity index (χ0) is 42.1. The molecule has 5 aliphatic rings. The van der Waals surface area contributed by atoms with E-state index >= 15 is 0 Å². The summed E-state index contributed by atoms with van der Waals surface area (Å²) in [6.07, 6.45) is 0. The molecule has 0 unspecified atom stereocenters. The highest BCUT2D eigenvalue weighted by molar-refractivity contribution is 6.62. The first-order valence-electron chi connectivity index (χ1n) is 21.3. The number of anilines is 6. The molecule has 4 N–H and O–H groups in total. The van der Waals surface area contributed by atoms with Gasteiger partial charge in [0.1, 0.15) is 0 Å². The second-order valence-corrected chi connectivity index (χ2v) is 17.1. The highest BCUT2D eigenvalue weighted by atomic mass is 35.5. The molecule has 4 aromatic rings. The zero-order valence-electron chi connectivity index (χ0n) is 35.7. The van der Waals surface area contributed by atoms with Crippen LogP contribution in [0.4, 0.5) is 34.1 Å². The topological polar surface area (TPSA) is 120 Å². The van der Waals surface area contributed by atoms with Gasteiger partial charge in [-0.3, -0.25) is 0 Å². The molecule has 0 radical (unpaired) electrons. The van der Waals surface area contributed by atoms with Gasteiger partial charge in [-0.05, 0) is 105 Å². The molecule has 5 aliphatic heterocycles. The van der Waals surface area contributed by atoms with Crippen LogP contribution in [0.5, 0.6) is 0 Å². The summed E-state index contributed by atoms with van der Waals surface area (Å²) in [5.74, 6) is 0. The van der Waals surface area contributed by atoms with Crippen LogP contribution in [0.1, 0.15) is 27.7 Å². The third-order valence-electron chi connectivity index (χ3n) is 12.0. The molecular weight excluding hydrogens is 779 g/mol. The largest absolute Gasteiger partial charge is 0.494 e. The highest BCUT2D eigenvalue weighted by Gasteiger charge is 2.51. The number of ether oxygens (including phenoxy) is 4. The second kappa shape index (κ2) is 20.1. The Morgan fingerprint density at radius 2 is 0.767 bits per heavy atom. The van der Waals surface area contributed by atoms with Crippen LogP contribution in [-0.4, -0.2) is 124 Å². The van der Waals surface area contributed by atoms with Crippen LogP contribution >= 0.6 is 11.6 Å². The van der Waals surface area contributed by atoms with Crippen LogP contribution in [0, 0.1) is 0 Å². The van der Waals surface area contributed by atoms with Crippen molar-refractivity contribution in [1.82, 2.24) is 0 Å². The molecular formula is C46H62BClN6O6. The van der Waals surface area contributed by atoms with Gasteiger partial charge in [0.2, 0.25) is 0 Å². The van der Waals surface area contributed by atoms with E-state index in [9.17, 15) is 0 Å². The Kier molecular flexibility index (Phi) is 14.7. The Morgan fingerprint density at radius 1 is 0.450 bits per heavy atom. The molecule has 5 heterocycles. The number of benzene rings is 4. The predicted molar refractivity (Wildman–Crippen MR) is 246 cm³/mol. The fraction of sp³-hybridized carbons (Fsp3) is 0.478. The maximum atomic E-state index is 6.27. The number of nitrogens with two attached hydrogens (primary N) is 2. The number of rotatable bonds is 6. The lowest BCUT2D eigenvalue weighted by molar-refractivity contribution is 0.00578. The molecule has 322 valence electrons. The molecule has 4 aromatic carbocycles. The monoisotopic (exact) mass is 840 g/mol. The van der Waals surface area contributed by atoms with E-state index in [2.05, 4.69) is 56.0 Å². The molecule has 14 heteroatoms. The van der Waals surface area contributed by atoms with E-state index in [1.807, 2.05) is 76.2 Å². The normalized spacial score (nSPS) is 20.2. The van der Waals surface area contributed by atoms with Crippen molar-refractivity contribution < 1.29 is 28.3 Å². The Hall–Kier alpha value is -4.21. The molecule has 9 rings (SSSR count). The Labute approximate surface area is 361 Å². The minimum absolute atomic E-state index is 0.293. The van der Waals surface area contributed by atoms with Gasteiger partial charge >= 0.3 is 7.12 Å². The van der Waals surface area contributed by atoms with Crippen LogP contribution in [-0.2, 0) is 28.3 Å². The summed E-state index contributed by atoms with van der Waals surface area (Å²) in [5, 5.41) is 0.797. The van der Waals surface area contributed by atoms with Crippen molar-refractivity contribution in [2.24, 2.45) is 0 Å². The Bertz CT molecular complexity index is 1880. The van der Waals surface area contributed by atoms with E-state index in [-0.39, 0.29) is 18.3 Å². The molecule has 12 nitrogen and oxygen atoms in total. The van der Waals surface area contributed by atoms with E-state index in [0.717, 1.165) is 127 Å². The van der Waals surface area contributed by atoms with E-state index in [1.54, 1.807) is 0 Å². The number of nitrogen functional groups attached to an aromatic ring is 2. The molecule has 0 aliphatic carbocycles. The van der Waals surface area contributed by atoms with E-state index in [0.29, 0.717) is 0 Å². The molecule has 0 aromatic heterocycles. The number of hydrogen-bond acceptors (Lipinski definition) is 12. The van der Waals surface area contributed by atoms with Gasteiger partial charge in [-0.25, -0.2) is 0 Å². The summed E-state index contributed by atoms with van der Waals surface area (Å²) in [5.41, 5.74) is 20.8. The molecule has 0 atom stereocenters. The summed E-state index contributed by atoms with van der Waals surface area (Å²) in [7, 11) is -0.300. The SMILES string of the molecule is CC1(C)OB(c2ccc(N)cc2)OC1(C)C.Clc1cc(N2CCOCC2)cc(N2CCOCC2)c1.Nc1ccc(-c2cc(N3CCOCC3)cc(N3CCOCC3)c2)cc1. The fourth-order valence-electron chi connectivity index (χ4n) is 7.65. The number of morpholine rings is 4. The molecule has 0 spiro atoms. The quantitative estimate of drug-likeness (QED) is 0.170. The first kappa shape index (κ1) is 43.9. The lowest BCUT2D eigenvalue weighted by Gasteiger charge is -2.33. The highest BCUT2D eigenvalue weighted by Crippen LogP contribution is 2.37. The minimum Gasteiger partial charge on any atom is -0.399 e. The lowest BCUT2D eigenvalue weighted by Crippen LogP contribution is -2.41. The molecule has 0 bridgehead atoms. The van der Waals surface area contributed by atoms with Gasteiger partial charge in [0.25, 0.3) is 0 Å². The van der Waals surface area contributed by atoms with Crippen LogP contribution in [0.2, 0.25) is 5.02 Å². The van der Waals surface area contributed by atoms with Gasteiger partial charge in [-0.2, -0.15) is 0 Å². The minimum atomic E-state index is -0.300. The van der Waals surface area contributed by atoms with E-state index < -0.39 is 0 Å². The molecule has 60 heavy (non-hydrogen) atoms. The molecule has 0 saturated carbocycles. The van der Waals surface area contributed by atoms with Gasteiger partial charge in [0.05, 0.1) is 64.1 Å². The maximum Gasteiger partial charge on any atom is 0.494 e. The van der Waals surface area contributed by atoms with Gasteiger partial charge in [-0.15, -0.1) is 0 Å². The first-order chi connectivity index (χ1) is 28.9. The number of hydrogen-bond donors (Lipinski definition) is 2. The summed E-state index contributed by atoms with van der Waals surface area (Å²) < 4.78 is 33.7. The predicted octanol–water partition coefficient (Wildman–Crippen LogP) is 6.19. The van der Waals surface area contributed by atoms with Crippen molar-refractivity contribution in [1.29, 1.82) is 0 Å². The Morgan fingerprint density at radius 3 is 1.12 bits per heavy atom. The summed E-state index contributed by atoms with van der Waals surface area (Å²) in [4.78, 5) is 9.49. The van der Waals surface area contributed by atoms with Crippen LogP contribution in [0.15, 0.2) is 84.9 Å². The van der Waals surface area contributed by atoms with Crippen molar-refractivity contribution in [3.05, 3.63) is 90.0 Å². The number of nitrogens with zero attached hydrogens (tertiary/aromatic N) is 4. The smallest absolute Gasteiger partial charge is 0.399 e. The molecule has 5 fully saturated rings. The molecule has 0 amide bonds. The summed E-state index contributed by atoms with van der Waals surface area (Å²) >= 11 is 6.27. The van der Waals surface area contributed by atoms with Crippen molar-refractivity contribution >= 4 is 58.3 Å². The van der Waals surface area contributed by atoms with Crippen LogP contribution in [0.3, 0.4) is 0 Å². The van der Waals surface area contributed by atoms with Gasteiger partial charge in [-0.1, -0.05) is 35.9 Å². The van der Waals surface area contributed by atoms with Crippen LogP contribution in [0.25, 0.3) is 11.1 Å². The van der Waals surface area contributed by atoms with Crippen molar-refractivity contribution in [2.75, 3.05) is 136 Å². The second-order valence-electron chi connectivity index (χ2n) is 16.7. The zero-order valence-corrected chi connectivity index (χ0v) is 36.5. The van der Waals surface area contributed by atoms with E-state index in [4.69, 9.17) is 51.3 Å². The third-order valence-corrected chi connectivity index (χ3v) is 12.2. The fourth-order valence-corrected chi connectivity index (χ4v) is 7.87. The van der Waals surface area contributed by atoms with Gasteiger partial charge < -0.3 is 59.3 Å². The summed E-state index contributed by atoms with van der Waals surface area (Å²) in [6.45, 7) is 22.0. The standard InChI is InChI=1S/C20H25N3O2.C14H19ClN2O2.C12H18BNO2/c21-18-3-1-16(2-4-18)17-13-19(22-5-9-24-10-6-22)15-20(14-17)23-7-11-25-12-8-23;15-12-9-13(16-1-5-18-6-2-16)11-14(10-12)17-3-7-19-8-4-17;1-11(2)12(3,4)16-13(15-11)9-5-7-10(14)8-6-9/h1-4,13-15H,5-12,21H2;9-11H,1-8H2;5-8H,14H2,1-4H3.